The predicted molar refractivity (Wildman–Crippen MR) is 72.8 cm³/mol. The van der Waals surface area contributed by atoms with Crippen LogP contribution >= 0.6 is 12.1 Å². The molecule has 0 aliphatic carbocycles. The van der Waals surface area contributed by atoms with Crippen LogP contribution in [0.2, 0.25) is 0 Å². The first-order chi connectivity index (χ1) is 8.40. The number of benzene rings is 2. The second-order valence-corrected chi connectivity index (χ2v) is 4.43. The van der Waals surface area contributed by atoms with Crippen LogP contribution in [0.25, 0.3) is 0 Å². The van der Waals surface area contributed by atoms with E-state index in [9.17, 15) is 0 Å². The molecule has 0 amide bonds. The van der Waals surface area contributed by atoms with Gasteiger partial charge in [-0.15, -0.1) is 0 Å². The van der Waals surface area contributed by atoms with Crippen molar-refractivity contribution in [1.29, 1.82) is 0 Å². The van der Waals surface area contributed by atoms with Gasteiger partial charge >= 0.3 is 0 Å². The largest absolute Gasteiger partial charge is 0.495 e. The zero-order chi connectivity index (χ0) is 11.7. The number of methoxy groups -OCH3 is 1. The Morgan fingerprint density at radius 3 is 2.53 bits per heavy atom. The van der Waals surface area contributed by atoms with Gasteiger partial charge in [-0.2, -0.15) is 0 Å². The topological polar surface area (TPSA) is 24.5 Å². The Hall–Kier alpha value is -1.81. The van der Waals surface area contributed by atoms with Gasteiger partial charge in [-0.25, -0.2) is 0 Å². The number of hydrogen-bond donors (Lipinski definition) is 1. The summed E-state index contributed by atoms with van der Waals surface area (Å²) >= 11 is 1.56. The summed E-state index contributed by atoms with van der Waals surface area (Å²) in [6.45, 7) is 0. The number of fused-ring (bicyclic) bond motifs is 1. The van der Waals surface area contributed by atoms with Gasteiger partial charge in [0.2, 0.25) is 0 Å². The van der Waals surface area contributed by atoms with Crippen molar-refractivity contribution in [1.82, 2.24) is 0 Å². The second-order valence-electron chi connectivity index (χ2n) is 3.68. The highest BCUT2D eigenvalue weighted by molar-refractivity contribution is 8.02. The molecule has 0 aromatic heterocycles. The number of nitrogens with one attached hydrogen (secondary N) is 1. The minimum atomic E-state index is 0.874. The smallest absolute Gasteiger partial charge is 0.143 e. The molecule has 0 saturated carbocycles. The van der Waals surface area contributed by atoms with Gasteiger partial charge in [0.25, 0.3) is 0 Å². The number of hydrogen-bond acceptors (Lipinski definition) is 4. The van der Waals surface area contributed by atoms with Crippen molar-refractivity contribution in [2.24, 2.45) is 0 Å². The number of ether oxygens (including phenoxy) is 1. The van der Waals surface area contributed by atoms with Crippen LogP contribution < -0.4 is 13.8 Å². The third-order valence-corrected chi connectivity index (χ3v) is 3.56. The van der Waals surface area contributed by atoms with E-state index in [1.165, 1.54) is 0 Å². The van der Waals surface area contributed by atoms with Crippen LogP contribution in [0, 0.1) is 0 Å². The molecule has 0 unspecified atom stereocenters. The molecule has 86 valence electrons. The summed E-state index contributed by atoms with van der Waals surface area (Å²) in [5.74, 6) is 0.874. The van der Waals surface area contributed by atoms with Gasteiger partial charge in [-0.3, -0.25) is 4.31 Å². The van der Waals surface area contributed by atoms with Crippen molar-refractivity contribution in [2.45, 2.75) is 0 Å². The van der Waals surface area contributed by atoms with Crippen LogP contribution in [-0.4, -0.2) is 7.11 Å². The Morgan fingerprint density at radius 2 is 1.71 bits per heavy atom. The predicted octanol–water partition coefficient (Wildman–Crippen LogP) is 3.82. The van der Waals surface area contributed by atoms with Crippen molar-refractivity contribution >= 4 is 29.2 Å². The lowest BCUT2D eigenvalue weighted by atomic mass is 10.2. The fourth-order valence-electron chi connectivity index (χ4n) is 1.86. The molecule has 1 heterocycles. The van der Waals surface area contributed by atoms with Crippen molar-refractivity contribution in [2.75, 3.05) is 16.1 Å². The Kier molecular flexibility index (Phi) is 2.57. The summed E-state index contributed by atoms with van der Waals surface area (Å²) in [7, 11) is 1.69. The number of rotatable bonds is 2. The molecule has 0 bridgehead atoms. The standard InChI is InChI=1S/C13H12N2OS/c1-16-13-9-5-4-8-12(13)15-11-7-3-2-6-10(11)14-17-15/h2-9,14H,1H3. The van der Waals surface area contributed by atoms with Crippen molar-refractivity contribution in [3.05, 3.63) is 48.5 Å². The summed E-state index contributed by atoms with van der Waals surface area (Å²) in [4.78, 5) is 0. The maximum atomic E-state index is 5.39. The summed E-state index contributed by atoms with van der Waals surface area (Å²) < 4.78 is 10.8. The molecule has 0 radical (unpaired) electrons. The van der Waals surface area contributed by atoms with Gasteiger partial charge in [0.1, 0.15) is 5.75 Å². The van der Waals surface area contributed by atoms with Gasteiger partial charge in [0, 0.05) is 0 Å². The Balaban J connectivity index is 2.07. The zero-order valence-electron chi connectivity index (χ0n) is 9.38. The fraction of sp³-hybridized carbons (Fsp3) is 0.0769. The third kappa shape index (κ3) is 1.70. The number of anilines is 3. The normalized spacial score (nSPS) is 13.1. The quantitative estimate of drug-likeness (QED) is 0.812. The van der Waals surface area contributed by atoms with Gasteiger partial charge in [0.15, 0.2) is 0 Å². The first-order valence-electron chi connectivity index (χ1n) is 5.35. The molecule has 4 heteroatoms. The molecule has 2 aromatic rings. The van der Waals surface area contributed by atoms with E-state index in [2.05, 4.69) is 27.2 Å². The van der Waals surface area contributed by atoms with Crippen LogP contribution in [0.15, 0.2) is 48.5 Å². The van der Waals surface area contributed by atoms with Crippen molar-refractivity contribution in [3.63, 3.8) is 0 Å². The van der Waals surface area contributed by atoms with Crippen LogP contribution in [0.1, 0.15) is 0 Å². The lowest BCUT2D eigenvalue weighted by Crippen LogP contribution is -2.04. The molecule has 1 aliphatic rings. The zero-order valence-corrected chi connectivity index (χ0v) is 10.2. The van der Waals surface area contributed by atoms with E-state index >= 15 is 0 Å². The van der Waals surface area contributed by atoms with Gasteiger partial charge in [-0.1, -0.05) is 24.3 Å². The molecule has 2 aromatic carbocycles. The average molecular weight is 244 g/mol. The first kappa shape index (κ1) is 10.4. The van der Waals surface area contributed by atoms with Gasteiger partial charge in [-0.05, 0) is 24.3 Å². The van der Waals surface area contributed by atoms with Crippen molar-refractivity contribution in [3.8, 4) is 5.75 Å². The Morgan fingerprint density at radius 1 is 1.00 bits per heavy atom. The highest BCUT2D eigenvalue weighted by Crippen LogP contribution is 2.46. The Bertz CT molecular complexity index is 544. The average Bonchev–Trinajstić information content (AvgIpc) is 2.82. The van der Waals surface area contributed by atoms with Crippen LogP contribution in [0.3, 0.4) is 0 Å². The maximum absolute atomic E-state index is 5.39. The molecule has 0 spiro atoms. The van der Waals surface area contributed by atoms with E-state index in [0.29, 0.717) is 0 Å². The molecular weight excluding hydrogens is 232 g/mol. The summed E-state index contributed by atoms with van der Waals surface area (Å²) in [6.07, 6.45) is 0. The summed E-state index contributed by atoms with van der Waals surface area (Å²) in [5, 5.41) is 0. The summed E-state index contributed by atoms with van der Waals surface area (Å²) in [5.41, 5.74) is 3.34. The van der Waals surface area contributed by atoms with Crippen LogP contribution in [-0.2, 0) is 0 Å². The fourth-order valence-corrected chi connectivity index (χ4v) is 2.73. The molecular formula is C13H12N2OS. The second kappa shape index (κ2) is 4.22. The number of nitrogens with zero attached hydrogens (tertiary/aromatic N) is 1. The Labute approximate surface area is 105 Å². The molecule has 1 aliphatic heterocycles. The number of para-hydroxylation sites is 4. The van der Waals surface area contributed by atoms with Gasteiger partial charge in [0.05, 0.1) is 36.3 Å². The molecule has 0 atom stereocenters. The van der Waals surface area contributed by atoms with E-state index in [-0.39, 0.29) is 0 Å². The lowest BCUT2D eigenvalue weighted by molar-refractivity contribution is 0.416. The monoisotopic (exact) mass is 244 g/mol. The van der Waals surface area contributed by atoms with Crippen LogP contribution in [0.5, 0.6) is 5.75 Å². The van der Waals surface area contributed by atoms with E-state index in [1.54, 1.807) is 19.2 Å². The molecule has 1 N–H and O–H groups in total. The third-order valence-electron chi connectivity index (χ3n) is 2.67. The maximum Gasteiger partial charge on any atom is 0.143 e. The highest BCUT2D eigenvalue weighted by atomic mass is 32.2. The molecule has 0 fully saturated rings. The van der Waals surface area contributed by atoms with Crippen LogP contribution in [0.4, 0.5) is 17.1 Å². The first-order valence-corrected chi connectivity index (χ1v) is 6.12. The van der Waals surface area contributed by atoms with Crippen molar-refractivity contribution < 1.29 is 4.74 Å². The molecule has 3 nitrogen and oxygen atoms in total. The molecule has 0 saturated heterocycles. The lowest BCUT2D eigenvalue weighted by Gasteiger charge is -2.18. The van der Waals surface area contributed by atoms with E-state index in [4.69, 9.17) is 4.74 Å². The van der Waals surface area contributed by atoms with E-state index < -0.39 is 0 Å². The molecule has 17 heavy (non-hydrogen) atoms. The van der Waals surface area contributed by atoms with E-state index in [1.807, 2.05) is 30.3 Å². The van der Waals surface area contributed by atoms with E-state index in [0.717, 1.165) is 22.8 Å². The minimum absolute atomic E-state index is 0.874. The highest BCUT2D eigenvalue weighted by Gasteiger charge is 2.23. The molecule has 3 rings (SSSR count). The summed E-state index contributed by atoms with van der Waals surface area (Å²) in [6, 6.07) is 16.2. The van der Waals surface area contributed by atoms with Gasteiger partial charge < -0.3 is 9.46 Å². The minimum Gasteiger partial charge on any atom is -0.495 e. The SMILES string of the molecule is COc1ccccc1N1SNc2ccccc21.